The van der Waals surface area contributed by atoms with Crippen molar-refractivity contribution in [1.82, 2.24) is 29.8 Å². The molecule has 1 fully saturated rings. The largest absolute Gasteiger partial charge is 0.353 e. The average molecular weight is 423 g/mol. The van der Waals surface area contributed by atoms with E-state index in [0.29, 0.717) is 18.1 Å². The SMILES string of the molecule is CC(C)C(C)NC(=O)C1CCN(Cn2ncc3cn(-c4ccccc4)nc3c2=O)CC1. The van der Waals surface area contributed by atoms with E-state index >= 15 is 0 Å². The Labute approximate surface area is 181 Å². The van der Waals surface area contributed by atoms with E-state index in [2.05, 4.69) is 34.3 Å². The summed E-state index contributed by atoms with van der Waals surface area (Å²) in [5.74, 6) is 0.595. The van der Waals surface area contributed by atoms with E-state index in [1.807, 2.05) is 43.5 Å². The molecule has 0 bridgehead atoms. The van der Waals surface area contributed by atoms with E-state index in [9.17, 15) is 9.59 Å². The topological polar surface area (TPSA) is 85.1 Å². The molecule has 3 aromatic rings. The standard InChI is InChI=1S/C23H30N6O2/c1-16(2)17(3)25-22(30)18-9-11-27(12-10-18)15-29-23(31)21-19(13-24-29)14-28(26-21)20-7-5-4-6-8-20/h4-8,13-14,16-18H,9-12,15H2,1-3H3,(H,25,30). The smallest absolute Gasteiger partial charge is 0.296 e. The van der Waals surface area contributed by atoms with Crippen molar-refractivity contribution in [3.05, 3.63) is 53.1 Å². The van der Waals surface area contributed by atoms with Crippen LogP contribution in [0.15, 0.2) is 47.5 Å². The predicted octanol–water partition coefficient (Wildman–Crippen LogP) is 2.41. The summed E-state index contributed by atoms with van der Waals surface area (Å²) in [4.78, 5) is 27.6. The van der Waals surface area contributed by atoms with Gasteiger partial charge in [0.2, 0.25) is 5.91 Å². The molecular weight excluding hydrogens is 392 g/mol. The lowest BCUT2D eigenvalue weighted by Crippen LogP contribution is -2.45. The van der Waals surface area contributed by atoms with Crippen LogP contribution in [0, 0.1) is 11.8 Å². The number of nitrogens with zero attached hydrogens (tertiary/aromatic N) is 5. The number of carbonyl (C=O) groups excluding carboxylic acids is 1. The van der Waals surface area contributed by atoms with Crippen LogP contribution in [0.5, 0.6) is 0 Å². The fraction of sp³-hybridized carbons (Fsp3) is 0.478. The number of amides is 1. The maximum absolute atomic E-state index is 12.9. The summed E-state index contributed by atoms with van der Waals surface area (Å²) in [6.45, 7) is 8.20. The van der Waals surface area contributed by atoms with Gasteiger partial charge in [0.1, 0.15) is 0 Å². The maximum Gasteiger partial charge on any atom is 0.296 e. The van der Waals surface area contributed by atoms with Crippen LogP contribution in [0.3, 0.4) is 0 Å². The fourth-order valence-corrected chi connectivity index (χ4v) is 3.80. The van der Waals surface area contributed by atoms with Gasteiger partial charge in [0, 0.05) is 36.6 Å². The van der Waals surface area contributed by atoms with Gasteiger partial charge < -0.3 is 5.32 Å². The zero-order chi connectivity index (χ0) is 22.0. The summed E-state index contributed by atoms with van der Waals surface area (Å²) < 4.78 is 3.17. The van der Waals surface area contributed by atoms with Crippen molar-refractivity contribution in [2.75, 3.05) is 13.1 Å². The van der Waals surface area contributed by atoms with Gasteiger partial charge in [0.15, 0.2) is 5.52 Å². The van der Waals surface area contributed by atoms with Crippen LogP contribution in [0.4, 0.5) is 0 Å². The highest BCUT2D eigenvalue weighted by Crippen LogP contribution is 2.19. The molecule has 3 heterocycles. The average Bonchev–Trinajstić information content (AvgIpc) is 3.22. The lowest BCUT2D eigenvalue weighted by molar-refractivity contribution is -0.127. The molecule has 1 amide bonds. The zero-order valence-electron chi connectivity index (χ0n) is 18.4. The Hall–Kier alpha value is -3.00. The number of benzene rings is 1. The van der Waals surface area contributed by atoms with E-state index < -0.39 is 0 Å². The first kappa shape index (κ1) is 21.2. The Balaban J connectivity index is 1.41. The van der Waals surface area contributed by atoms with E-state index in [4.69, 9.17) is 0 Å². The first-order valence-corrected chi connectivity index (χ1v) is 11.0. The van der Waals surface area contributed by atoms with Crippen molar-refractivity contribution in [3.63, 3.8) is 0 Å². The second kappa shape index (κ2) is 9.01. The van der Waals surface area contributed by atoms with Gasteiger partial charge in [-0.1, -0.05) is 32.0 Å². The highest BCUT2D eigenvalue weighted by molar-refractivity contribution is 5.79. The van der Waals surface area contributed by atoms with Gasteiger partial charge in [-0.2, -0.15) is 10.2 Å². The molecule has 1 aliphatic heterocycles. The number of nitrogens with one attached hydrogen (secondary N) is 1. The molecule has 1 atom stereocenters. The van der Waals surface area contributed by atoms with Crippen molar-refractivity contribution >= 4 is 16.8 Å². The molecule has 0 aliphatic carbocycles. The molecule has 1 N–H and O–H groups in total. The van der Waals surface area contributed by atoms with Crippen LogP contribution >= 0.6 is 0 Å². The van der Waals surface area contributed by atoms with Crippen LogP contribution in [0.2, 0.25) is 0 Å². The zero-order valence-corrected chi connectivity index (χ0v) is 18.4. The normalized spacial score (nSPS) is 16.6. The Bertz CT molecular complexity index is 1100. The highest BCUT2D eigenvalue weighted by Gasteiger charge is 2.26. The van der Waals surface area contributed by atoms with Crippen LogP contribution in [0.25, 0.3) is 16.6 Å². The Kier molecular flexibility index (Phi) is 6.18. The van der Waals surface area contributed by atoms with Crippen LogP contribution in [-0.2, 0) is 11.5 Å². The maximum atomic E-state index is 12.9. The quantitative estimate of drug-likeness (QED) is 0.659. The third-order valence-corrected chi connectivity index (χ3v) is 6.20. The lowest BCUT2D eigenvalue weighted by Gasteiger charge is -2.32. The van der Waals surface area contributed by atoms with E-state index in [-0.39, 0.29) is 23.4 Å². The molecule has 1 aliphatic rings. The van der Waals surface area contributed by atoms with Gasteiger partial charge in [0.25, 0.3) is 5.56 Å². The summed E-state index contributed by atoms with van der Waals surface area (Å²) in [5, 5.41) is 12.7. The van der Waals surface area contributed by atoms with Gasteiger partial charge in [-0.15, -0.1) is 0 Å². The second-order valence-corrected chi connectivity index (χ2v) is 8.74. The first-order chi connectivity index (χ1) is 14.9. The number of piperidine rings is 1. The van der Waals surface area contributed by atoms with Gasteiger partial charge in [-0.25, -0.2) is 9.36 Å². The van der Waals surface area contributed by atoms with Crippen molar-refractivity contribution < 1.29 is 4.79 Å². The number of aromatic nitrogens is 4. The van der Waals surface area contributed by atoms with Gasteiger partial charge >= 0.3 is 0 Å². The number of fused-ring (bicyclic) bond motifs is 1. The van der Waals surface area contributed by atoms with Gasteiger partial charge in [-0.3, -0.25) is 14.5 Å². The molecule has 4 rings (SSSR count). The van der Waals surface area contributed by atoms with Crippen molar-refractivity contribution in [2.24, 2.45) is 11.8 Å². The first-order valence-electron chi connectivity index (χ1n) is 11.0. The summed E-state index contributed by atoms with van der Waals surface area (Å²) in [5.41, 5.74) is 1.12. The second-order valence-electron chi connectivity index (χ2n) is 8.74. The van der Waals surface area contributed by atoms with Crippen LogP contribution in [-0.4, -0.2) is 49.5 Å². The number of para-hydroxylation sites is 1. The van der Waals surface area contributed by atoms with E-state index in [1.165, 1.54) is 4.68 Å². The molecule has 0 saturated carbocycles. The minimum atomic E-state index is -0.196. The summed E-state index contributed by atoms with van der Waals surface area (Å²) in [6.07, 6.45) is 5.09. The number of hydrogen-bond acceptors (Lipinski definition) is 5. The molecular formula is C23H30N6O2. The summed E-state index contributed by atoms with van der Waals surface area (Å²) in [7, 11) is 0. The Morgan fingerprint density at radius 2 is 1.87 bits per heavy atom. The van der Waals surface area contributed by atoms with Crippen molar-refractivity contribution in [2.45, 2.75) is 46.3 Å². The molecule has 2 aromatic heterocycles. The Morgan fingerprint density at radius 1 is 1.16 bits per heavy atom. The molecule has 0 spiro atoms. The predicted molar refractivity (Wildman–Crippen MR) is 120 cm³/mol. The van der Waals surface area contributed by atoms with Crippen molar-refractivity contribution in [1.29, 1.82) is 0 Å². The third-order valence-electron chi connectivity index (χ3n) is 6.20. The summed E-state index contributed by atoms with van der Waals surface area (Å²) in [6, 6.07) is 9.88. The fourth-order valence-electron chi connectivity index (χ4n) is 3.80. The molecule has 1 unspecified atom stereocenters. The van der Waals surface area contributed by atoms with E-state index in [0.717, 1.165) is 37.0 Å². The molecule has 1 aromatic carbocycles. The van der Waals surface area contributed by atoms with Crippen molar-refractivity contribution in [3.8, 4) is 5.69 Å². The molecule has 164 valence electrons. The van der Waals surface area contributed by atoms with E-state index in [1.54, 1.807) is 10.9 Å². The monoisotopic (exact) mass is 422 g/mol. The number of carbonyl (C=O) groups is 1. The molecule has 8 nitrogen and oxygen atoms in total. The third kappa shape index (κ3) is 4.69. The minimum Gasteiger partial charge on any atom is -0.353 e. The minimum absolute atomic E-state index is 0.0335. The number of rotatable bonds is 6. The van der Waals surface area contributed by atoms with Crippen LogP contribution < -0.4 is 10.9 Å². The molecule has 1 saturated heterocycles. The Morgan fingerprint density at radius 3 is 2.55 bits per heavy atom. The summed E-state index contributed by atoms with van der Waals surface area (Å²) >= 11 is 0. The molecule has 31 heavy (non-hydrogen) atoms. The molecule has 0 radical (unpaired) electrons. The number of hydrogen-bond donors (Lipinski definition) is 1. The number of likely N-dealkylation sites (tertiary alicyclic amines) is 1. The van der Waals surface area contributed by atoms with Gasteiger partial charge in [-0.05, 0) is 37.8 Å². The van der Waals surface area contributed by atoms with Crippen LogP contribution in [0.1, 0.15) is 33.6 Å². The van der Waals surface area contributed by atoms with Gasteiger partial charge in [0.05, 0.1) is 18.6 Å². The highest BCUT2D eigenvalue weighted by atomic mass is 16.2. The molecule has 8 heteroatoms. The lowest BCUT2D eigenvalue weighted by atomic mass is 9.95.